The highest BCUT2D eigenvalue weighted by atomic mass is 79.9. The number of aliphatic hydroxyl groups is 1. The van der Waals surface area contributed by atoms with Gasteiger partial charge in [0.25, 0.3) is 5.91 Å². The Bertz CT molecular complexity index is 478. The van der Waals surface area contributed by atoms with Crippen LogP contribution in [0, 0.1) is 5.82 Å². The third-order valence-electron chi connectivity index (χ3n) is 3.11. The number of carbonyl (C=O) groups excluding carboxylic acids is 1. The van der Waals surface area contributed by atoms with Crippen molar-refractivity contribution in [2.75, 3.05) is 18.1 Å². The van der Waals surface area contributed by atoms with E-state index in [1.807, 2.05) is 0 Å². The molecule has 2 rings (SSSR count). The first-order valence-electron chi connectivity index (χ1n) is 6.04. The molecule has 1 heterocycles. The molecule has 1 atom stereocenters. The molecule has 1 saturated heterocycles. The summed E-state index contributed by atoms with van der Waals surface area (Å²) in [6, 6.07) is 4.72. The smallest absolute Gasteiger partial charge is 0.252 e. The maximum absolute atomic E-state index is 13.5. The predicted molar refractivity (Wildman–Crippen MR) is 77.7 cm³/mol. The summed E-state index contributed by atoms with van der Waals surface area (Å²) in [5.41, 5.74) is -0.706. The van der Waals surface area contributed by atoms with E-state index in [4.69, 9.17) is 0 Å². The molecule has 0 bridgehead atoms. The Hall–Kier alpha value is -0.590. The molecule has 6 heteroatoms. The van der Waals surface area contributed by atoms with Gasteiger partial charge < -0.3 is 10.4 Å². The lowest BCUT2D eigenvalue weighted by atomic mass is 10.0. The molecule has 1 aliphatic heterocycles. The van der Waals surface area contributed by atoms with Gasteiger partial charge >= 0.3 is 0 Å². The standard InChI is InChI=1S/C13H15BrFNO2S/c14-10-1-2-11(15)9(7-10)3-5-16-12(17)13(18)4-6-19-8-13/h1-2,7,18H,3-6,8H2,(H,16,17)/t13-/m0/s1. The number of thioether (sulfide) groups is 1. The van der Waals surface area contributed by atoms with Crippen molar-refractivity contribution in [3.8, 4) is 0 Å². The Balaban J connectivity index is 1.86. The highest BCUT2D eigenvalue weighted by Gasteiger charge is 2.39. The van der Waals surface area contributed by atoms with Crippen molar-refractivity contribution in [1.29, 1.82) is 0 Å². The Morgan fingerprint density at radius 2 is 2.37 bits per heavy atom. The molecule has 1 aromatic carbocycles. The lowest BCUT2D eigenvalue weighted by Gasteiger charge is -2.20. The fourth-order valence-electron chi connectivity index (χ4n) is 1.94. The van der Waals surface area contributed by atoms with Crippen molar-refractivity contribution >= 4 is 33.6 Å². The molecular weight excluding hydrogens is 333 g/mol. The highest BCUT2D eigenvalue weighted by Crippen LogP contribution is 2.27. The van der Waals surface area contributed by atoms with Gasteiger partial charge in [-0.15, -0.1) is 0 Å². The summed E-state index contributed by atoms with van der Waals surface area (Å²) in [6.45, 7) is 0.319. The quantitative estimate of drug-likeness (QED) is 0.876. The Morgan fingerprint density at radius 3 is 3.05 bits per heavy atom. The summed E-state index contributed by atoms with van der Waals surface area (Å²) in [6.07, 6.45) is 0.884. The van der Waals surface area contributed by atoms with Crippen molar-refractivity contribution in [3.63, 3.8) is 0 Å². The maximum Gasteiger partial charge on any atom is 0.252 e. The van der Waals surface area contributed by atoms with Crippen LogP contribution in [-0.2, 0) is 11.2 Å². The molecule has 0 aliphatic carbocycles. The molecule has 0 saturated carbocycles. The van der Waals surface area contributed by atoms with Crippen LogP contribution in [0.15, 0.2) is 22.7 Å². The molecule has 0 aromatic heterocycles. The summed E-state index contributed by atoms with van der Waals surface area (Å²) in [5, 5.41) is 12.7. The molecular formula is C13H15BrFNO2S. The monoisotopic (exact) mass is 347 g/mol. The molecule has 19 heavy (non-hydrogen) atoms. The Labute approximate surface area is 124 Å². The van der Waals surface area contributed by atoms with Crippen LogP contribution in [0.25, 0.3) is 0 Å². The van der Waals surface area contributed by atoms with E-state index in [9.17, 15) is 14.3 Å². The van der Waals surface area contributed by atoms with Crippen molar-refractivity contribution in [2.45, 2.75) is 18.4 Å². The lowest BCUT2D eigenvalue weighted by Crippen LogP contribution is -2.47. The topological polar surface area (TPSA) is 49.3 Å². The van der Waals surface area contributed by atoms with E-state index < -0.39 is 5.60 Å². The van der Waals surface area contributed by atoms with Gasteiger partial charge in [-0.2, -0.15) is 11.8 Å². The molecule has 1 fully saturated rings. The molecule has 1 amide bonds. The number of rotatable bonds is 4. The van der Waals surface area contributed by atoms with E-state index >= 15 is 0 Å². The van der Waals surface area contributed by atoms with Crippen LogP contribution in [0.5, 0.6) is 0 Å². The number of hydrogen-bond donors (Lipinski definition) is 2. The van der Waals surface area contributed by atoms with Gasteiger partial charge in [0.05, 0.1) is 0 Å². The van der Waals surface area contributed by atoms with E-state index in [1.165, 1.54) is 6.07 Å². The van der Waals surface area contributed by atoms with Crippen molar-refractivity contribution in [3.05, 3.63) is 34.1 Å². The van der Waals surface area contributed by atoms with E-state index in [0.29, 0.717) is 30.7 Å². The van der Waals surface area contributed by atoms with Gasteiger partial charge in [0.15, 0.2) is 5.60 Å². The van der Waals surface area contributed by atoms with Crippen LogP contribution in [0.1, 0.15) is 12.0 Å². The fraction of sp³-hybridized carbons (Fsp3) is 0.462. The summed E-state index contributed by atoms with van der Waals surface area (Å²) < 4.78 is 14.3. The number of amides is 1. The van der Waals surface area contributed by atoms with E-state index in [0.717, 1.165) is 10.2 Å². The van der Waals surface area contributed by atoms with Crippen LogP contribution in [0.4, 0.5) is 4.39 Å². The van der Waals surface area contributed by atoms with Crippen molar-refractivity contribution < 1.29 is 14.3 Å². The average molecular weight is 348 g/mol. The third-order valence-corrected chi connectivity index (χ3v) is 4.78. The molecule has 3 nitrogen and oxygen atoms in total. The number of nitrogens with one attached hydrogen (secondary N) is 1. The number of hydrogen-bond acceptors (Lipinski definition) is 3. The average Bonchev–Trinajstić information content (AvgIpc) is 2.82. The zero-order valence-electron chi connectivity index (χ0n) is 10.3. The molecule has 0 radical (unpaired) electrons. The van der Waals surface area contributed by atoms with Gasteiger partial charge in [-0.1, -0.05) is 15.9 Å². The summed E-state index contributed by atoms with van der Waals surface area (Å²) in [5.74, 6) is 0.592. The first-order valence-corrected chi connectivity index (χ1v) is 7.98. The minimum Gasteiger partial charge on any atom is -0.379 e. The van der Waals surface area contributed by atoms with Crippen LogP contribution in [-0.4, -0.2) is 34.7 Å². The molecule has 1 aromatic rings. The van der Waals surface area contributed by atoms with Gasteiger partial charge in [0.2, 0.25) is 0 Å². The SMILES string of the molecule is O=C(NCCc1cc(Br)ccc1F)[C@]1(O)CCSC1. The molecule has 0 unspecified atom stereocenters. The maximum atomic E-state index is 13.5. The minimum absolute atomic E-state index is 0.285. The predicted octanol–water partition coefficient (Wildman–Crippen LogP) is 2.11. The van der Waals surface area contributed by atoms with Crippen LogP contribution < -0.4 is 5.32 Å². The molecule has 0 spiro atoms. The van der Waals surface area contributed by atoms with Crippen LogP contribution in [0.2, 0.25) is 0 Å². The molecule has 1 aliphatic rings. The second kappa shape index (κ2) is 6.24. The molecule has 2 N–H and O–H groups in total. The summed E-state index contributed by atoms with van der Waals surface area (Å²) in [7, 11) is 0. The van der Waals surface area contributed by atoms with Crippen LogP contribution >= 0.6 is 27.7 Å². The van der Waals surface area contributed by atoms with Crippen LogP contribution in [0.3, 0.4) is 0 Å². The van der Waals surface area contributed by atoms with Gasteiger partial charge in [-0.05, 0) is 42.4 Å². The van der Waals surface area contributed by atoms with Gasteiger partial charge in [0, 0.05) is 16.8 Å². The second-order valence-corrected chi connectivity index (χ2v) is 6.60. The zero-order chi connectivity index (χ0) is 13.9. The minimum atomic E-state index is -1.25. The number of carbonyl (C=O) groups is 1. The van der Waals surface area contributed by atoms with Gasteiger partial charge in [0.1, 0.15) is 5.82 Å². The summed E-state index contributed by atoms with van der Waals surface area (Å²) >= 11 is 4.85. The third kappa shape index (κ3) is 3.70. The van der Waals surface area contributed by atoms with E-state index in [2.05, 4.69) is 21.2 Å². The van der Waals surface area contributed by atoms with Gasteiger partial charge in [-0.25, -0.2) is 4.39 Å². The van der Waals surface area contributed by atoms with Gasteiger partial charge in [-0.3, -0.25) is 4.79 Å². The highest BCUT2D eigenvalue weighted by molar-refractivity contribution is 9.10. The molecule has 104 valence electrons. The fourth-order valence-corrected chi connectivity index (χ4v) is 3.59. The van der Waals surface area contributed by atoms with Crippen molar-refractivity contribution in [1.82, 2.24) is 5.32 Å². The lowest BCUT2D eigenvalue weighted by molar-refractivity contribution is -0.137. The Kier molecular flexibility index (Phi) is 4.86. The zero-order valence-corrected chi connectivity index (χ0v) is 12.7. The largest absolute Gasteiger partial charge is 0.379 e. The van der Waals surface area contributed by atoms with E-state index in [-0.39, 0.29) is 11.7 Å². The first-order chi connectivity index (χ1) is 9.01. The second-order valence-electron chi connectivity index (χ2n) is 4.58. The number of halogens is 2. The first kappa shape index (κ1) is 14.8. The summed E-state index contributed by atoms with van der Waals surface area (Å²) in [4.78, 5) is 11.8. The normalized spacial score (nSPS) is 22.5. The Morgan fingerprint density at radius 1 is 1.58 bits per heavy atom. The number of benzene rings is 1. The van der Waals surface area contributed by atoms with Crippen molar-refractivity contribution in [2.24, 2.45) is 0 Å². The van der Waals surface area contributed by atoms with E-state index in [1.54, 1.807) is 23.9 Å².